The van der Waals surface area contributed by atoms with Gasteiger partial charge in [-0.1, -0.05) is 31.4 Å². The lowest BCUT2D eigenvalue weighted by atomic mass is 9.90. The fraction of sp³-hybridized carbons (Fsp3) is 0.607. The molecular formula is C28H40ClFN8O2. The van der Waals surface area contributed by atoms with Crippen LogP contribution in [-0.4, -0.2) is 83.1 Å². The smallest absolute Gasteiger partial charge is 0.254 e. The monoisotopic (exact) mass is 574 g/mol. The van der Waals surface area contributed by atoms with Crippen LogP contribution in [0.2, 0.25) is 5.02 Å². The van der Waals surface area contributed by atoms with E-state index in [-0.39, 0.29) is 34.3 Å². The normalized spacial score (nSPS) is 23.9. The van der Waals surface area contributed by atoms with Crippen LogP contribution >= 0.6 is 11.6 Å². The molecule has 1 aromatic carbocycles. The van der Waals surface area contributed by atoms with E-state index in [1.54, 1.807) is 18.1 Å². The molecule has 3 aliphatic rings. The molecule has 10 nitrogen and oxygen atoms in total. The van der Waals surface area contributed by atoms with E-state index >= 15 is 4.39 Å². The number of benzene rings is 1. The molecule has 2 aliphatic carbocycles. The predicted octanol–water partition coefficient (Wildman–Crippen LogP) is 4.33. The maximum atomic E-state index is 15.2. The van der Waals surface area contributed by atoms with Crippen molar-refractivity contribution in [1.29, 1.82) is 0 Å². The molecule has 218 valence electrons. The highest BCUT2D eigenvalue weighted by Crippen LogP contribution is 2.40. The van der Waals surface area contributed by atoms with E-state index in [0.29, 0.717) is 24.1 Å². The van der Waals surface area contributed by atoms with Crippen LogP contribution in [0.3, 0.4) is 0 Å². The van der Waals surface area contributed by atoms with Crippen molar-refractivity contribution in [1.82, 2.24) is 25.2 Å². The Hall–Kier alpha value is -2.73. The van der Waals surface area contributed by atoms with E-state index in [2.05, 4.69) is 39.6 Å². The minimum absolute atomic E-state index is 0.0192. The zero-order valence-corrected chi connectivity index (χ0v) is 24.5. The fourth-order valence-electron chi connectivity index (χ4n) is 6.19. The number of aromatic nitrogens is 2. The zero-order valence-electron chi connectivity index (χ0n) is 23.7. The first-order valence-electron chi connectivity index (χ1n) is 14.2. The summed E-state index contributed by atoms with van der Waals surface area (Å²) in [4.78, 5) is 26.1. The van der Waals surface area contributed by atoms with E-state index in [1.165, 1.54) is 12.1 Å². The molecule has 1 unspecified atom stereocenters. The molecule has 2 aromatic rings. The van der Waals surface area contributed by atoms with Crippen LogP contribution in [0.4, 0.5) is 27.5 Å². The summed E-state index contributed by atoms with van der Waals surface area (Å²) in [5.74, 6) is -0.205. The van der Waals surface area contributed by atoms with Gasteiger partial charge in [-0.15, -0.1) is 0 Å². The lowest BCUT2D eigenvalue weighted by Crippen LogP contribution is -2.62. The van der Waals surface area contributed by atoms with Crippen molar-refractivity contribution in [2.75, 3.05) is 42.9 Å². The summed E-state index contributed by atoms with van der Waals surface area (Å²) in [6, 6.07) is 3.32. The highest BCUT2D eigenvalue weighted by Gasteiger charge is 2.40. The molecule has 2 saturated carbocycles. The maximum absolute atomic E-state index is 15.2. The van der Waals surface area contributed by atoms with Crippen LogP contribution in [0.1, 0.15) is 68.6 Å². The Balaban J connectivity index is 1.34. The summed E-state index contributed by atoms with van der Waals surface area (Å²) in [7, 11) is 5.94. The summed E-state index contributed by atoms with van der Waals surface area (Å²) in [6.45, 7) is 2.60. The molecule has 1 amide bonds. The van der Waals surface area contributed by atoms with Crippen LogP contribution in [0.15, 0.2) is 18.3 Å². The second-order valence-electron chi connectivity index (χ2n) is 11.3. The first-order chi connectivity index (χ1) is 19.2. The summed E-state index contributed by atoms with van der Waals surface area (Å²) in [6.07, 6.45) is 8.81. The maximum Gasteiger partial charge on any atom is 0.254 e. The highest BCUT2D eigenvalue weighted by atomic mass is 35.5. The second-order valence-corrected chi connectivity index (χ2v) is 11.7. The van der Waals surface area contributed by atoms with Crippen molar-refractivity contribution in [2.45, 2.75) is 82.8 Å². The van der Waals surface area contributed by atoms with E-state index in [9.17, 15) is 9.90 Å². The van der Waals surface area contributed by atoms with Crippen molar-refractivity contribution in [3.05, 3.63) is 34.7 Å². The number of carbonyl (C=O) groups is 1. The molecule has 5 rings (SSSR count). The second kappa shape index (κ2) is 12.0. The van der Waals surface area contributed by atoms with Gasteiger partial charge in [0.25, 0.3) is 5.91 Å². The van der Waals surface area contributed by atoms with E-state index in [1.807, 2.05) is 11.9 Å². The highest BCUT2D eigenvalue weighted by molar-refractivity contribution is 6.33. The Morgan fingerprint density at radius 1 is 1.18 bits per heavy atom. The van der Waals surface area contributed by atoms with Crippen LogP contribution in [0.25, 0.3) is 0 Å². The lowest BCUT2D eigenvalue weighted by Gasteiger charge is -2.49. The molecule has 0 bridgehead atoms. The SMILES string of the molecule is CCN1C(O)N(C)c2cnc(Nc3cc(F)c(C(=O)NC4CCC(N(C)C)CC4)cc3Cl)nc2N1C1CCCC1. The molecule has 40 heavy (non-hydrogen) atoms. The van der Waals surface area contributed by atoms with Crippen molar-refractivity contribution >= 4 is 40.6 Å². The first kappa shape index (κ1) is 28.8. The fourth-order valence-corrected chi connectivity index (χ4v) is 6.40. The van der Waals surface area contributed by atoms with Gasteiger partial charge in [-0.05, 0) is 64.8 Å². The molecule has 1 atom stereocenters. The van der Waals surface area contributed by atoms with Gasteiger partial charge in [-0.2, -0.15) is 9.99 Å². The Morgan fingerprint density at radius 2 is 1.88 bits per heavy atom. The van der Waals surface area contributed by atoms with Crippen LogP contribution in [0, 0.1) is 5.82 Å². The van der Waals surface area contributed by atoms with Gasteiger partial charge in [-0.25, -0.2) is 9.37 Å². The number of carbonyl (C=O) groups excluding carboxylic acids is 1. The summed E-state index contributed by atoms with van der Waals surface area (Å²) < 4.78 is 15.2. The van der Waals surface area contributed by atoms with E-state index < -0.39 is 18.1 Å². The van der Waals surface area contributed by atoms with Gasteiger partial charge >= 0.3 is 0 Å². The Kier molecular flexibility index (Phi) is 8.65. The molecular weight excluding hydrogens is 535 g/mol. The zero-order chi connectivity index (χ0) is 28.6. The molecule has 2 fully saturated rings. The average Bonchev–Trinajstić information content (AvgIpc) is 3.47. The quantitative estimate of drug-likeness (QED) is 0.446. The van der Waals surface area contributed by atoms with Gasteiger partial charge in [0.15, 0.2) is 5.82 Å². The third-order valence-corrected chi connectivity index (χ3v) is 8.85. The van der Waals surface area contributed by atoms with Crippen molar-refractivity contribution < 1.29 is 14.3 Å². The van der Waals surface area contributed by atoms with Gasteiger partial charge in [-0.3, -0.25) is 9.80 Å². The number of anilines is 4. The number of halogens is 2. The number of rotatable bonds is 7. The van der Waals surface area contributed by atoms with Crippen molar-refractivity contribution in [3.8, 4) is 0 Å². The van der Waals surface area contributed by atoms with Gasteiger partial charge in [0.1, 0.15) is 11.5 Å². The molecule has 0 radical (unpaired) electrons. The number of hydrogen-bond donors (Lipinski definition) is 3. The molecule has 12 heteroatoms. The molecule has 2 heterocycles. The number of hydrazine groups is 1. The van der Waals surface area contributed by atoms with Crippen molar-refractivity contribution in [3.63, 3.8) is 0 Å². The standard InChI is InChI=1S/C28H40ClFN8O2/c1-5-37-28(40)36(4)24-16-31-27(34-25(24)38(37)19-8-6-7-9-19)33-23-15-22(30)20(14-21(23)29)26(39)32-17-10-12-18(13-11-17)35(2)3/h14-19,28,40H,5-13H2,1-4H3,(H,32,39)(H,31,33,34). The largest absolute Gasteiger partial charge is 0.359 e. The summed E-state index contributed by atoms with van der Waals surface area (Å²) in [5.41, 5.74) is 0.892. The molecule has 1 aromatic heterocycles. The predicted molar refractivity (Wildman–Crippen MR) is 155 cm³/mol. The number of fused-ring (bicyclic) bond motifs is 1. The number of aliphatic hydroxyl groups is 1. The molecule has 3 N–H and O–H groups in total. The minimum Gasteiger partial charge on any atom is -0.359 e. The number of amides is 1. The first-order valence-corrected chi connectivity index (χ1v) is 14.6. The lowest BCUT2D eigenvalue weighted by molar-refractivity contribution is -0.0137. The Bertz CT molecular complexity index is 1220. The van der Waals surface area contributed by atoms with Gasteiger partial charge in [0, 0.05) is 31.7 Å². The van der Waals surface area contributed by atoms with Gasteiger partial charge in [0.2, 0.25) is 12.3 Å². The van der Waals surface area contributed by atoms with Crippen molar-refractivity contribution in [2.24, 2.45) is 0 Å². The topological polar surface area (TPSA) is 100 Å². The third kappa shape index (κ3) is 5.70. The molecule has 0 spiro atoms. The number of nitrogens with one attached hydrogen (secondary N) is 2. The summed E-state index contributed by atoms with van der Waals surface area (Å²) >= 11 is 6.53. The number of hydrogen-bond acceptors (Lipinski definition) is 9. The van der Waals surface area contributed by atoms with Crippen LogP contribution in [-0.2, 0) is 0 Å². The van der Waals surface area contributed by atoms with Crippen LogP contribution < -0.4 is 20.5 Å². The summed E-state index contributed by atoms with van der Waals surface area (Å²) in [5, 5.41) is 21.1. The van der Waals surface area contributed by atoms with Crippen LogP contribution in [0.5, 0.6) is 0 Å². The molecule has 0 saturated heterocycles. The molecule has 1 aliphatic heterocycles. The Morgan fingerprint density at radius 3 is 2.52 bits per heavy atom. The average molecular weight is 575 g/mol. The van der Waals surface area contributed by atoms with Gasteiger partial charge < -0.3 is 25.5 Å². The van der Waals surface area contributed by atoms with E-state index in [4.69, 9.17) is 16.6 Å². The van der Waals surface area contributed by atoms with E-state index in [0.717, 1.165) is 51.4 Å². The number of nitrogens with zero attached hydrogens (tertiary/aromatic N) is 6. The minimum atomic E-state index is -0.828. The van der Waals surface area contributed by atoms with Gasteiger partial charge in [0.05, 0.1) is 22.5 Å². The number of aliphatic hydroxyl groups excluding tert-OH is 1. The third-order valence-electron chi connectivity index (χ3n) is 8.54. The Labute approximate surface area is 240 Å².